The highest BCUT2D eigenvalue weighted by Crippen LogP contribution is 2.54. The van der Waals surface area contributed by atoms with E-state index in [9.17, 15) is 9.59 Å². The van der Waals surface area contributed by atoms with E-state index in [-0.39, 0.29) is 11.9 Å². The van der Waals surface area contributed by atoms with Gasteiger partial charge in [-0.25, -0.2) is 4.79 Å². The highest BCUT2D eigenvalue weighted by Gasteiger charge is 2.59. The molecule has 3 aromatic rings. The average molecular weight is 464 g/mol. The number of aryl methyl sites for hydroxylation is 1. The first-order chi connectivity index (χ1) is 15.5. The van der Waals surface area contributed by atoms with Crippen molar-refractivity contribution >= 4 is 46.7 Å². The van der Waals surface area contributed by atoms with Crippen LogP contribution in [0.15, 0.2) is 72.8 Å². The number of nitrogens with zero attached hydrogens (tertiary/aromatic N) is 2. The van der Waals surface area contributed by atoms with Crippen molar-refractivity contribution in [1.29, 1.82) is 0 Å². The largest absolute Gasteiger partial charge is 0.323 e. The van der Waals surface area contributed by atoms with Crippen molar-refractivity contribution in [2.75, 3.05) is 22.5 Å². The summed E-state index contributed by atoms with van der Waals surface area (Å²) in [4.78, 5) is 29.6. The zero-order valence-electron chi connectivity index (χ0n) is 17.5. The van der Waals surface area contributed by atoms with Gasteiger partial charge in [-0.3, -0.25) is 9.69 Å². The van der Waals surface area contributed by atoms with Gasteiger partial charge >= 0.3 is 6.03 Å². The third-order valence-corrected chi connectivity index (χ3v) is 7.72. The van der Waals surface area contributed by atoms with Crippen LogP contribution in [0, 0.1) is 6.92 Å². The monoisotopic (exact) mass is 463 g/mol. The van der Waals surface area contributed by atoms with Gasteiger partial charge in [-0.2, -0.15) is 0 Å². The minimum atomic E-state index is -1.08. The van der Waals surface area contributed by atoms with Crippen LogP contribution in [0.1, 0.15) is 16.7 Å². The minimum Gasteiger partial charge on any atom is -0.308 e. The van der Waals surface area contributed by atoms with Crippen LogP contribution in [-0.4, -0.2) is 29.1 Å². The van der Waals surface area contributed by atoms with Crippen LogP contribution in [0.25, 0.3) is 0 Å². The number of fused-ring (bicyclic) bond motifs is 2. The summed E-state index contributed by atoms with van der Waals surface area (Å²) in [5.74, 6) is 0.571. The number of anilines is 2. The predicted octanol–water partition coefficient (Wildman–Crippen LogP) is 5.63. The van der Waals surface area contributed by atoms with E-state index < -0.39 is 4.87 Å². The molecule has 162 valence electrons. The van der Waals surface area contributed by atoms with Gasteiger partial charge in [-0.1, -0.05) is 65.7 Å². The van der Waals surface area contributed by atoms with E-state index in [0.29, 0.717) is 29.6 Å². The number of urea groups is 1. The fourth-order valence-corrected chi connectivity index (χ4v) is 6.01. The number of carbonyl (C=O) groups excluding carboxylic acids is 2. The van der Waals surface area contributed by atoms with Gasteiger partial charge in [-0.05, 0) is 36.8 Å². The summed E-state index contributed by atoms with van der Waals surface area (Å²) in [6, 6.07) is 22.6. The SMILES string of the molecule is Cc1ccc(NC(=O)N2CCS[C@]23C(=O)N(Cc2ccccc2Cl)c2ccccc23)cc1. The molecule has 1 saturated heterocycles. The van der Waals surface area contributed by atoms with E-state index >= 15 is 0 Å². The van der Waals surface area contributed by atoms with Crippen LogP contribution in [0.3, 0.4) is 0 Å². The molecule has 32 heavy (non-hydrogen) atoms. The molecule has 1 N–H and O–H groups in total. The quantitative estimate of drug-likeness (QED) is 0.547. The zero-order valence-corrected chi connectivity index (χ0v) is 19.1. The molecule has 7 heteroatoms. The Hall–Kier alpha value is -2.96. The number of benzene rings is 3. The summed E-state index contributed by atoms with van der Waals surface area (Å²) in [5.41, 5.74) is 4.36. The number of nitrogens with one attached hydrogen (secondary N) is 1. The van der Waals surface area contributed by atoms with Crippen LogP contribution in [0.2, 0.25) is 5.02 Å². The second kappa shape index (κ2) is 8.19. The van der Waals surface area contributed by atoms with Gasteiger partial charge < -0.3 is 10.2 Å². The van der Waals surface area contributed by atoms with Crippen molar-refractivity contribution in [3.05, 3.63) is 94.5 Å². The Bertz CT molecular complexity index is 1200. The van der Waals surface area contributed by atoms with Gasteiger partial charge in [0.25, 0.3) is 5.91 Å². The molecule has 1 atom stereocenters. The zero-order chi connectivity index (χ0) is 22.3. The molecule has 0 saturated carbocycles. The molecule has 0 bridgehead atoms. The topological polar surface area (TPSA) is 52.7 Å². The molecule has 0 aliphatic carbocycles. The lowest BCUT2D eigenvalue weighted by Gasteiger charge is -2.33. The smallest absolute Gasteiger partial charge is 0.308 e. The number of thioether (sulfide) groups is 1. The maximum Gasteiger partial charge on any atom is 0.323 e. The Balaban J connectivity index is 1.51. The van der Waals surface area contributed by atoms with E-state index in [2.05, 4.69) is 5.32 Å². The molecular formula is C25H22ClN3O2S. The molecule has 5 nitrogen and oxygen atoms in total. The maximum atomic E-state index is 14.0. The van der Waals surface area contributed by atoms with Gasteiger partial charge in [0.05, 0.1) is 12.2 Å². The fourth-order valence-electron chi connectivity index (χ4n) is 4.35. The Morgan fingerprint density at radius 2 is 1.78 bits per heavy atom. The molecule has 5 rings (SSSR count). The minimum absolute atomic E-state index is 0.111. The van der Waals surface area contributed by atoms with Gasteiger partial charge in [0.1, 0.15) is 0 Å². The maximum absolute atomic E-state index is 14.0. The molecule has 0 unspecified atom stereocenters. The molecule has 1 spiro atoms. The summed E-state index contributed by atoms with van der Waals surface area (Å²) in [5, 5.41) is 3.59. The van der Waals surface area contributed by atoms with Crippen LogP contribution in [0.4, 0.5) is 16.2 Å². The standard InChI is InChI=1S/C25H22ClN3O2S/c1-17-10-12-19(13-11-17)27-24(31)29-14-15-32-25(29)20-7-3-5-9-22(20)28(23(25)30)16-18-6-2-4-8-21(18)26/h2-13H,14-16H2,1H3,(H,27,31)/t25-/m1/s1. The molecule has 3 aromatic carbocycles. The van der Waals surface area contributed by atoms with Crippen LogP contribution >= 0.6 is 23.4 Å². The van der Waals surface area contributed by atoms with Crippen molar-refractivity contribution in [1.82, 2.24) is 4.90 Å². The summed E-state index contributed by atoms with van der Waals surface area (Å²) in [6.07, 6.45) is 0. The Kier molecular flexibility index (Phi) is 5.35. The van der Waals surface area contributed by atoms with Gasteiger partial charge in [0.2, 0.25) is 0 Å². The summed E-state index contributed by atoms with van der Waals surface area (Å²) < 4.78 is 0. The molecule has 2 heterocycles. The lowest BCUT2D eigenvalue weighted by atomic mass is 10.1. The molecule has 2 aliphatic heterocycles. The highest BCUT2D eigenvalue weighted by atomic mass is 35.5. The highest BCUT2D eigenvalue weighted by molar-refractivity contribution is 8.01. The van der Waals surface area contributed by atoms with E-state index in [0.717, 1.165) is 22.4 Å². The number of hydrogen-bond acceptors (Lipinski definition) is 3. The van der Waals surface area contributed by atoms with Crippen molar-refractivity contribution < 1.29 is 9.59 Å². The van der Waals surface area contributed by atoms with Crippen LogP contribution in [0.5, 0.6) is 0 Å². The number of amides is 3. The Morgan fingerprint density at radius 3 is 2.56 bits per heavy atom. The normalized spacial score (nSPS) is 19.5. The van der Waals surface area contributed by atoms with E-state index in [1.807, 2.05) is 79.7 Å². The third-order valence-electron chi connectivity index (χ3n) is 5.94. The number of rotatable bonds is 3. The molecule has 0 radical (unpaired) electrons. The molecule has 3 amide bonds. The molecular weight excluding hydrogens is 442 g/mol. The van der Waals surface area contributed by atoms with Gasteiger partial charge in [0, 0.05) is 28.6 Å². The van der Waals surface area contributed by atoms with Crippen molar-refractivity contribution in [2.24, 2.45) is 0 Å². The van der Waals surface area contributed by atoms with Crippen molar-refractivity contribution in [3.8, 4) is 0 Å². The van der Waals surface area contributed by atoms with Crippen LogP contribution < -0.4 is 10.2 Å². The molecule has 2 aliphatic rings. The first-order valence-electron chi connectivity index (χ1n) is 10.4. The lowest BCUT2D eigenvalue weighted by molar-refractivity contribution is -0.123. The van der Waals surface area contributed by atoms with E-state index in [1.54, 1.807) is 9.80 Å². The number of halogens is 1. The van der Waals surface area contributed by atoms with Gasteiger partial charge in [-0.15, -0.1) is 11.8 Å². The van der Waals surface area contributed by atoms with E-state index in [1.165, 1.54) is 11.8 Å². The average Bonchev–Trinajstić information content (AvgIpc) is 3.34. The number of carbonyl (C=O) groups is 2. The lowest BCUT2D eigenvalue weighted by Crippen LogP contribution is -2.51. The van der Waals surface area contributed by atoms with E-state index in [4.69, 9.17) is 11.6 Å². The third kappa shape index (κ3) is 3.34. The predicted molar refractivity (Wildman–Crippen MR) is 130 cm³/mol. The van der Waals surface area contributed by atoms with Crippen molar-refractivity contribution in [2.45, 2.75) is 18.3 Å². The second-order valence-corrected chi connectivity index (χ2v) is 9.64. The van der Waals surface area contributed by atoms with Crippen molar-refractivity contribution in [3.63, 3.8) is 0 Å². The first kappa shape index (κ1) is 20.9. The Morgan fingerprint density at radius 1 is 1.06 bits per heavy atom. The second-order valence-electron chi connectivity index (χ2n) is 7.94. The fraction of sp³-hybridized carbons (Fsp3) is 0.200. The molecule has 1 fully saturated rings. The Labute approximate surface area is 196 Å². The number of hydrogen-bond donors (Lipinski definition) is 1. The molecule has 0 aromatic heterocycles. The summed E-state index contributed by atoms with van der Waals surface area (Å²) >= 11 is 7.90. The number of para-hydroxylation sites is 1. The summed E-state index contributed by atoms with van der Waals surface area (Å²) in [7, 11) is 0. The first-order valence-corrected chi connectivity index (χ1v) is 11.8. The van der Waals surface area contributed by atoms with Crippen LogP contribution in [-0.2, 0) is 16.2 Å². The van der Waals surface area contributed by atoms with Gasteiger partial charge in [0.15, 0.2) is 4.87 Å². The summed E-state index contributed by atoms with van der Waals surface area (Å²) in [6.45, 7) is 2.84.